The van der Waals surface area contributed by atoms with E-state index >= 15 is 0 Å². The number of ketones is 1. The molecule has 0 N–H and O–H groups in total. The van der Waals surface area contributed by atoms with Crippen LogP contribution in [0.15, 0.2) is 36.7 Å². The van der Waals surface area contributed by atoms with Crippen LogP contribution in [-0.4, -0.2) is 32.2 Å². The molecule has 102 valence electrons. The summed E-state index contributed by atoms with van der Waals surface area (Å²) in [4.78, 5) is 13.5. The molecule has 6 heteroatoms. The van der Waals surface area contributed by atoms with Gasteiger partial charge < -0.3 is 4.90 Å². The van der Waals surface area contributed by atoms with Crippen LogP contribution in [0.2, 0.25) is 0 Å². The molecule has 1 aliphatic rings. The third-order valence-electron chi connectivity index (χ3n) is 3.49. The number of carbonyl (C=O) groups is 1. The quantitative estimate of drug-likeness (QED) is 0.847. The van der Waals surface area contributed by atoms with Crippen molar-refractivity contribution in [1.29, 1.82) is 0 Å². The van der Waals surface area contributed by atoms with Crippen LogP contribution in [0.25, 0.3) is 0 Å². The summed E-state index contributed by atoms with van der Waals surface area (Å²) < 4.78 is 0. The molecule has 0 aromatic carbocycles. The second kappa shape index (κ2) is 5.73. The van der Waals surface area contributed by atoms with Gasteiger partial charge in [-0.1, -0.05) is 0 Å². The fourth-order valence-electron chi connectivity index (χ4n) is 2.52. The van der Waals surface area contributed by atoms with E-state index in [2.05, 4.69) is 20.4 Å². The van der Waals surface area contributed by atoms with Crippen LogP contribution in [0.3, 0.4) is 0 Å². The maximum Gasteiger partial charge on any atom is 0.157 e. The Morgan fingerprint density at radius 1 is 0.950 bits per heavy atom. The summed E-state index contributed by atoms with van der Waals surface area (Å²) in [6, 6.07) is 7.70. The lowest BCUT2D eigenvalue weighted by molar-refractivity contribution is -0.120. The van der Waals surface area contributed by atoms with Crippen LogP contribution in [0.5, 0.6) is 0 Å². The molecule has 0 amide bonds. The van der Waals surface area contributed by atoms with Crippen molar-refractivity contribution >= 4 is 17.4 Å². The van der Waals surface area contributed by atoms with E-state index in [-0.39, 0.29) is 6.04 Å². The van der Waals surface area contributed by atoms with Crippen LogP contribution in [0, 0.1) is 0 Å². The Balaban J connectivity index is 1.94. The van der Waals surface area contributed by atoms with Gasteiger partial charge in [0.25, 0.3) is 0 Å². The summed E-state index contributed by atoms with van der Waals surface area (Å²) in [6.07, 6.45) is 6.13. The Kier molecular flexibility index (Phi) is 3.62. The van der Waals surface area contributed by atoms with E-state index in [1.54, 1.807) is 12.4 Å². The Hall–Kier alpha value is -2.37. The maximum atomic E-state index is 11.4. The molecule has 2 aromatic rings. The first-order chi connectivity index (χ1) is 9.84. The summed E-state index contributed by atoms with van der Waals surface area (Å²) >= 11 is 0. The fourth-order valence-corrected chi connectivity index (χ4v) is 2.52. The summed E-state index contributed by atoms with van der Waals surface area (Å²) in [7, 11) is 0. The van der Waals surface area contributed by atoms with Gasteiger partial charge in [-0.05, 0) is 37.1 Å². The number of nitrogens with zero attached hydrogens (tertiary/aromatic N) is 5. The first-order valence-corrected chi connectivity index (χ1v) is 6.71. The Bertz CT molecular complexity index is 525. The largest absolute Gasteiger partial charge is 0.305 e. The molecule has 1 fully saturated rings. The lowest BCUT2D eigenvalue weighted by atomic mass is 9.93. The molecule has 0 aliphatic heterocycles. The zero-order valence-electron chi connectivity index (χ0n) is 11.0. The molecule has 3 rings (SSSR count). The summed E-state index contributed by atoms with van der Waals surface area (Å²) in [5, 5.41) is 16.2. The van der Waals surface area contributed by atoms with E-state index in [0.717, 1.165) is 24.5 Å². The lowest BCUT2D eigenvalue weighted by Crippen LogP contribution is -2.36. The van der Waals surface area contributed by atoms with Gasteiger partial charge in [0.1, 0.15) is 5.78 Å². The maximum absolute atomic E-state index is 11.4. The highest BCUT2D eigenvalue weighted by molar-refractivity contribution is 5.79. The van der Waals surface area contributed by atoms with Crippen molar-refractivity contribution in [3.05, 3.63) is 36.7 Å². The normalized spacial score (nSPS) is 16.1. The third-order valence-corrected chi connectivity index (χ3v) is 3.49. The van der Waals surface area contributed by atoms with Gasteiger partial charge in [-0.25, -0.2) is 0 Å². The molecule has 0 atom stereocenters. The first kappa shape index (κ1) is 12.7. The Labute approximate surface area is 116 Å². The SMILES string of the molecule is O=C1CCC(N(c2cccnn2)c2cccnn2)CC1. The minimum Gasteiger partial charge on any atom is -0.305 e. The molecule has 0 bridgehead atoms. The van der Waals surface area contributed by atoms with Gasteiger partial charge in [0.05, 0.1) is 0 Å². The zero-order valence-corrected chi connectivity index (χ0v) is 11.0. The fraction of sp³-hybridized carbons (Fsp3) is 0.357. The van der Waals surface area contributed by atoms with Crippen molar-refractivity contribution < 1.29 is 4.79 Å². The smallest absolute Gasteiger partial charge is 0.157 e. The van der Waals surface area contributed by atoms with E-state index in [4.69, 9.17) is 0 Å². The molecule has 0 unspecified atom stereocenters. The Morgan fingerprint density at radius 3 is 1.95 bits per heavy atom. The first-order valence-electron chi connectivity index (χ1n) is 6.71. The standard InChI is InChI=1S/C14H15N5O/c20-12-7-5-11(6-8-12)19(13-3-1-9-15-17-13)14-4-2-10-16-18-14/h1-4,9-11H,5-8H2. The van der Waals surface area contributed by atoms with E-state index < -0.39 is 0 Å². The molecule has 2 aromatic heterocycles. The predicted molar refractivity (Wildman–Crippen MR) is 73.5 cm³/mol. The molecule has 0 saturated heterocycles. The molecular weight excluding hydrogens is 254 g/mol. The molecule has 0 radical (unpaired) electrons. The number of aromatic nitrogens is 4. The predicted octanol–water partition coefficient (Wildman–Crippen LogP) is 1.92. The number of carbonyl (C=O) groups excluding carboxylic acids is 1. The number of hydrogen-bond acceptors (Lipinski definition) is 6. The van der Waals surface area contributed by atoms with Crippen molar-refractivity contribution in [2.75, 3.05) is 4.90 Å². The highest BCUT2D eigenvalue weighted by atomic mass is 16.1. The highest BCUT2D eigenvalue weighted by Crippen LogP contribution is 2.30. The van der Waals surface area contributed by atoms with Crippen molar-refractivity contribution in [2.24, 2.45) is 0 Å². The summed E-state index contributed by atoms with van der Waals surface area (Å²) in [5.74, 6) is 1.82. The van der Waals surface area contributed by atoms with Gasteiger partial charge in [-0.2, -0.15) is 10.2 Å². The summed E-state index contributed by atoms with van der Waals surface area (Å²) in [5.41, 5.74) is 0. The molecule has 2 heterocycles. The van der Waals surface area contributed by atoms with Crippen LogP contribution in [-0.2, 0) is 4.79 Å². The zero-order chi connectivity index (χ0) is 13.8. The average Bonchev–Trinajstić information content (AvgIpc) is 2.52. The van der Waals surface area contributed by atoms with Crippen LogP contribution >= 0.6 is 0 Å². The van der Waals surface area contributed by atoms with Crippen LogP contribution in [0.1, 0.15) is 25.7 Å². The molecule has 1 saturated carbocycles. The molecule has 0 spiro atoms. The second-order valence-electron chi connectivity index (χ2n) is 4.80. The van der Waals surface area contributed by atoms with E-state index in [0.29, 0.717) is 18.6 Å². The van der Waals surface area contributed by atoms with Gasteiger partial charge in [-0.3, -0.25) is 4.79 Å². The molecule has 1 aliphatic carbocycles. The Morgan fingerprint density at radius 2 is 1.50 bits per heavy atom. The number of Topliss-reactive ketones (excluding diaryl/α,β-unsaturated/α-hetero) is 1. The van der Waals surface area contributed by atoms with Gasteiger partial charge in [0.15, 0.2) is 11.6 Å². The average molecular weight is 269 g/mol. The number of anilines is 2. The second-order valence-corrected chi connectivity index (χ2v) is 4.80. The number of rotatable bonds is 3. The van der Waals surface area contributed by atoms with Crippen molar-refractivity contribution in [3.8, 4) is 0 Å². The van der Waals surface area contributed by atoms with Gasteiger partial charge in [0.2, 0.25) is 0 Å². The van der Waals surface area contributed by atoms with Crippen molar-refractivity contribution in [2.45, 2.75) is 31.7 Å². The van der Waals surface area contributed by atoms with E-state index in [1.165, 1.54) is 0 Å². The van der Waals surface area contributed by atoms with Crippen molar-refractivity contribution in [1.82, 2.24) is 20.4 Å². The van der Waals surface area contributed by atoms with E-state index in [1.807, 2.05) is 29.2 Å². The lowest BCUT2D eigenvalue weighted by Gasteiger charge is -2.33. The molecule has 20 heavy (non-hydrogen) atoms. The minimum absolute atomic E-state index is 0.209. The van der Waals surface area contributed by atoms with Crippen LogP contribution < -0.4 is 4.90 Å². The summed E-state index contributed by atoms with van der Waals surface area (Å²) in [6.45, 7) is 0. The van der Waals surface area contributed by atoms with Crippen molar-refractivity contribution in [3.63, 3.8) is 0 Å². The monoisotopic (exact) mass is 269 g/mol. The minimum atomic E-state index is 0.209. The molecular formula is C14H15N5O. The molecule has 6 nitrogen and oxygen atoms in total. The topological polar surface area (TPSA) is 71.9 Å². The van der Waals surface area contributed by atoms with Gasteiger partial charge >= 0.3 is 0 Å². The van der Waals surface area contributed by atoms with E-state index in [9.17, 15) is 4.79 Å². The third kappa shape index (κ3) is 2.64. The highest BCUT2D eigenvalue weighted by Gasteiger charge is 2.27. The number of hydrogen-bond donors (Lipinski definition) is 0. The van der Waals surface area contributed by atoms with Crippen LogP contribution in [0.4, 0.5) is 11.6 Å². The van der Waals surface area contributed by atoms with Gasteiger partial charge in [0, 0.05) is 31.3 Å². The van der Waals surface area contributed by atoms with Gasteiger partial charge in [-0.15, -0.1) is 10.2 Å².